The van der Waals surface area contributed by atoms with Gasteiger partial charge in [-0.05, 0) is 25.0 Å². The number of sulfone groups is 1. The summed E-state index contributed by atoms with van der Waals surface area (Å²) in [5.41, 5.74) is 0.484. The lowest BCUT2D eigenvalue weighted by molar-refractivity contribution is 0.602. The lowest BCUT2D eigenvalue weighted by atomic mass is 10.3. The highest BCUT2D eigenvalue weighted by molar-refractivity contribution is 7.95. The highest BCUT2D eigenvalue weighted by Crippen LogP contribution is 2.29. The molecule has 6 heteroatoms. The Labute approximate surface area is 111 Å². The molecule has 1 aliphatic rings. The van der Waals surface area contributed by atoms with Crippen LogP contribution in [0.25, 0.3) is 0 Å². The van der Waals surface area contributed by atoms with Gasteiger partial charge in [-0.3, -0.25) is 0 Å². The van der Waals surface area contributed by atoms with Crippen molar-refractivity contribution in [2.45, 2.75) is 17.7 Å². The molecule has 0 amide bonds. The first-order valence-corrected chi connectivity index (χ1v) is 7.30. The molecule has 1 aliphatic heterocycles. The Bertz CT molecular complexity index is 636. The normalized spacial score (nSPS) is 18.0. The summed E-state index contributed by atoms with van der Waals surface area (Å²) in [6.45, 7) is 0.693. The van der Waals surface area contributed by atoms with E-state index in [1.165, 1.54) is 12.1 Å². The average molecular weight is 283 g/mol. The molecule has 0 bridgehead atoms. The predicted molar refractivity (Wildman–Crippen MR) is 68.5 cm³/mol. The number of nitriles is 1. The summed E-state index contributed by atoms with van der Waals surface area (Å²) in [6, 6.07) is 7.91. The van der Waals surface area contributed by atoms with E-state index in [9.17, 15) is 8.42 Å². The van der Waals surface area contributed by atoms with E-state index in [2.05, 4.69) is 5.32 Å². The largest absolute Gasteiger partial charge is 0.387 e. The van der Waals surface area contributed by atoms with Crippen LogP contribution in [0.5, 0.6) is 0 Å². The van der Waals surface area contributed by atoms with E-state index in [4.69, 9.17) is 16.9 Å². The topological polar surface area (TPSA) is 70.0 Å². The zero-order valence-electron chi connectivity index (χ0n) is 9.48. The number of hydrogen-bond acceptors (Lipinski definition) is 4. The van der Waals surface area contributed by atoms with Gasteiger partial charge in [-0.1, -0.05) is 23.7 Å². The van der Waals surface area contributed by atoms with E-state index in [1.807, 2.05) is 0 Å². The summed E-state index contributed by atoms with van der Waals surface area (Å²) < 4.78 is 24.7. The van der Waals surface area contributed by atoms with Crippen molar-refractivity contribution in [3.63, 3.8) is 0 Å². The van der Waals surface area contributed by atoms with Crippen LogP contribution in [0.2, 0.25) is 5.02 Å². The molecule has 1 N–H and O–H groups in total. The maximum Gasteiger partial charge on any atom is 0.219 e. The second-order valence-corrected chi connectivity index (χ2v) is 6.15. The Balaban J connectivity index is 2.59. The van der Waals surface area contributed by atoms with E-state index in [0.717, 1.165) is 6.42 Å². The maximum absolute atomic E-state index is 12.4. The fourth-order valence-electron chi connectivity index (χ4n) is 1.85. The highest BCUT2D eigenvalue weighted by atomic mass is 35.5. The third-order valence-corrected chi connectivity index (χ3v) is 4.96. The van der Waals surface area contributed by atoms with Gasteiger partial charge in [0.15, 0.2) is 4.91 Å². The first-order valence-electron chi connectivity index (χ1n) is 5.44. The van der Waals surface area contributed by atoms with Gasteiger partial charge in [-0.15, -0.1) is 0 Å². The van der Waals surface area contributed by atoms with E-state index in [-0.39, 0.29) is 14.8 Å². The van der Waals surface area contributed by atoms with Gasteiger partial charge < -0.3 is 5.32 Å². The molecule has 1 saturated heterocycles. The molecule has 94 valence electrons. The Morgan fingerprint density at radius 3 is 2.67 bits per heavy atom. The molecular formula is C12H11ClN2O2S. The van der Waals surface area contributed by atoms with Crippen molar-refractivity contribution in [2.75, 3.05) is 6.54 Å². The van der Waals surface area contributed by atoms with Crippen LogP contribution >= 0.6 is 11.6 Å². The Morgan fingerprint density at radius 1 is 1.39 bits per heavy atom. The zero-order valence-corrected chi connectivity index (χ0v) is 11.1. The lowest BCUT2D eigenvalue weighted by Gasteiger charge is -2.07. The predicted octanol–water partition coefficient (Wildman–Crippen LogP) is 2.23. The molecule has 0 aromatic heterocycles. The van der Waals surface area contributed by atoms with Gasteiger partial charge in [-0.25, -0.2) is 8.42 Å². The first kappa shape index (κ1) is 12.9. The molecule has 4 nitrogen and oxygen atoms in total. The van der Waals surface area contributed by atoms with E-state index in [0.29, 0.717) is 18.7 Å². The molecule has 0 saturated carbocycles. The van der Waals surface area contributed by atoms with Gasteiger partial charge in [0.1, 0.15) is 6.07 Å². The second-order valence-electron chi connectivity index (χ2n) is 3.88. The van der Waals surface area contributed by atoms with Crippen LogP contribution in [0, 0.1) is 11.3 Å². The average Bonchev–Trinajstić information content (AvgIpc) is 2.83. The molecule has 1 aromatic carbocycles. The maximum atomic E-state index is 12.4. The quantitative estimate of drug-likeness (QED) is 0.845. The van der Waals surface area contributed by atoms with Gasteiger partial charge in [0.25, 0.3) is 0 Å². The van der Waals surface area contributed by atoms with Gasteiger partial charge >= 0.3 is 0 Å². The zero-order chi connectivity index (χ0) is 13.2. The number of nitrogens with zero attached hydrogens (tertiary/aromatic N) is 1. The van der Waals surface area contributed by atoms with Gasteiger partial charge in [0.05, 0.1) is 9.92 Å². The van der Waals surface area contributed by atoms with E-state index < -0.39 is 9.84 Å². The van der Waals surface area contributed by atoms with Crippen molar-refractivity contribution in [1.29, 1.82) is 5.26 Å². The minimum atomic E-state index is -3.84. The molecule has 0 unspecified atom stereocenters. The van der Waals surface area contributed by atoms with Crippen molar-refractivity contribution in [3.05, 3.63) is 39.9 Å². The monoisotopic (exact) mass is 282 g/mol. The summed E-state index contributed by atoms with van der Waals surface area (Å²) in [5, 5.41) is 12.2. The molecule has 1 fully saturated rings. The summed E-state index contributed by atoms with van der Waals surface area (Å²) in [6.07, 6.45) is 1.41. The number of rotatable bonds is 2. The standard InChI is InChI=1S/C12H11ClN2O2S/c13-9-4-1-2-6-11(9)18(16,17)12(8-14)10-5-3-7-15-10/h1-2,4,6,15H,3,5,7H2/b12-10+. The summed E-state index contributed by atoms with van der Waals surface area (Å²) in [5.74, 6) is 0. The van der Waals surface area contributed by atoms with Gasteiger partial charge in [-0.2, -0.15) is 5.26 Å². The number of nitrogens with one attached hydrogen (secondary N) is 1. The minimum Gasteiger partial charge on any atom is -0.387 e. The van der Waals surface area contributed by atoms with Crippen LogP contribution < -0.4 is 5.32 Å². The van der Waals surface area contributed by atoms with Crippen LogP contribution in [-0.4, -0.2) is 15.0 Å². The molecule has 0 radical (unpaired) electrons. The molecule has 18 heavy (non-hydrogen) atoms. The van der Waals surface area contributed by atoms with Crippen LogP contribution in [-0.2, 0) is 9.84 Å². The molecule has 0 spiro atoms. The molecule has 1 aromatic rings. The fourth-order valence-corrected chi connectivity index (χ4v) is 3.71. The number of halogens is 1. The van der Waals surface area contributed by atoms with Crippen molar-refractivity contribution in [1.82, 2.24) is 5.32 Å². The summed E-state index contributed by atoms with van der Waals surface area (Å²) in [7, 11) is -3.84. The van der Waals surface area contributed by atoms with Crippen molar-refractivity contribution >= 4 is 21.4 Å². The van der Waals surface area contributed by atoms with Crippen LogP contribution in [0.1, 0.15) is 12.8 Å². The van der Waals surface area contributed by atoms with Crippen molar-refractivity contribution in [3.8, 4) is 6.07 Å². The third-order valence-electron chi connectivity index (χ3n) is 2.71. The Hall–Kier alpha value is -1.51. The van der Waals surface area contributed by atoms with Crippen LogP contribution in [0.4, 0.5) is 0 Å². The first-order chi connectivity index (χ1) is 8.57. The van der Waals surface area contributed by atoms with Crippen LogP contribution in [0.15, 0.2) is 39.8 Å². The Kier molecular flexibility index (Phi) is 3.60. The van der Waals surface area contributed by atoms with E-state index in [1.54, 1.807) is 18.2 Å². The van der Waals surface area contributed by atoms with Crippen molar-refractivity contribution < 1.29 is 8.42 Å². The fraction of sp³-hybridized carbons (Fsp3) is 0.250. The summed E-state index contributed by atoms with van der Waals surface area (Å²) >= 11 is 5.88. The second kappa shape index (κ2) is 5.01. The minimum absolute atomic E-state index is 0.0237. The number of hydrogen-bond donors (Lipinski definition) is 1. The summed E-state index contributed by atoms with van der Waals surface area (Å²) in [4.78, 5) is -0.252. The molecule has 0 aliphatic carbocycles. The highest BCUT2D eigenvalue weighted by Gasteiger charge is 2.27. The molecule has 0 atom stereocenters. The van der Waals surface area contributed by atoms with Gasteiger partial charge in [0, 0.05) is 12.2 Å². The van der Waals surface area contributed by atoms with Crippen molar-refractivity contribution in [2.24, 2.45) is 0 Å². The lowest BCUT2D eigenvalue weighted by Crippen LogP contribution is -2.13. The SMILES string of the molecule is N#C/C(=C1/CCCN1)S(=O)(=O)c1ccccc1Cl. The Morgan fingerprint density at radius 2 is 2.11 bits per heavy atom. The van der Waals surface area contributed by atoms with Gasteiger partial charge in [0.2, 0.25) is 9.84 Å². The number of allylic oxidation sites excluding steroid dienone is 2. The van der Waals surface area contributed by atoms with Crippen LogP contribution in [0.3, 0.4) is 0 Å². The third kappa shape index (κ3) is 2.22. The molecule has 1 heterocycles. The number of benzene rings is 1. The molecular weight excluding hydrogens is 272 g/mol. The smallest absolute Gasteiger partial charge is 0.219 e. The van der Waals surface area contributed by atoms with E-state index >= 15 is 0 Å². The molecule has 2 rings (SSSR count).